The van der Waals surface area contributed by atoms with Crippen molar-refractivity contribution < 1.29 is 9.53 Å². The van der Waals surface area contributed by atoms with Crippen molar-refractivity contribution in [3.63, 3.8) is 0 Å². The van der Waals surface area contributed by atoms with E-state index in [1.807, 2.05) is 46.1 Å². The summed E-state index contributed by atoms with van der Waals surface area (Å²) in [5, 5.41) is 4.37. The molecule has 5 nitrogen and oxygen atoms in total. The molecule has 1 aromatic carbocycles. The summed E-state index contributed by atoms with van der Waals surface area (Å²) in [5.74, 6) is 0. The number of aromatic nitrogens is 2. The number of hydrogen-bond acceptors (Lipinski definition) is 3. The van der Waals surface area contributed by atoms with Gasteiger partial charge in [-0.05, 0) is 37.3 Å². The lowest BCUT2D eigenvalue weighted by molar-refractivity contribution is 0.0832. The van der Waals surface area contributed by atoms with Gasteiger partial charge < -0.3 is 4.74 Å². The Morgan fingerprint density at radius 1 is 1.28 bits per heavy atom. The van der Waals surface area contributed by atoms with Crippen molar-refractivity contribution in [1.82, 2.24) is 14.7 Å². The summed E-state index contributed by atoms with van der Waals surface area (Å²) >= 11 is 0. The summed E-state index contributed by atoms with van der Waals surface area (Å²) in [5.41, 5.74) is 3.50. The van der Waals surface area contributed by atoms with Crippen molar-refractivity contribution in [3.8, 4) is 0 Å². The zero-order chi connectivity index (χ0) is 17.2. The van der Waals surface area contributed by atoms with Gasteiger partial charge in [-0.3, -0.25) is 9.58 Å². The maximum atomic E-state index is 12.6. The van der Waals surface area contributed by atoms with Gasteiger partial charge in [-0.1, -0.05) is 36.4 Å². The Kier molecular flexibility index (Phi) is 4.30. The van der Waals surface area contributed by atoms with Gasteiger partial charge in [0.2, 0.25) is 0 Å². The molecule has 1 fully saturated rings. The zero-order valence-corrected chi connectivity index (χ0v) is 14.5. The maximum Gasteiger partial charge on any atom is 0.410 e. The number of aryl methyl sites for hydroxylation is 1. The first kappa shape index (κ1) is 15.9. The smallest absolute Gasteiger partial charge is 0.410 e. The first-order chi connectivity index (χ1) is 12.2. The quantitative estimate of drug-likeness (QED) is 0.851. The van der Waals surface area contributed by atoms with E-state index >= 15 is 0 Å². The van der Waals surface area contributed by atoms with E-state index in [1.165, 1.54) is 11.1 Å². The zero-order valence-electron chi connectivity index (χ0n) is 14.5. The fraction of sp³-hybridized carbons (Fsp3) is 0.400. The van der Waals surface area contributed by atoms with Gasteiger partial charge in [-0.25, -0.2) is 4.79 Å². The number of nitrogens with zero attached hydrogens (tertiary/aromatic N) is 3. The molecular weight excluding hydrogens is 314 g/mol. The highest BCUT2D eigenvalue weighted by molar-refractivity contribution is 5.74. The summed E-state index contributed by atoms with van der Waals surface area (Å²) in [6.07, 6.45) is 8.98. The van der Waals surface area contributed by atoms with Crippen LogP contribution in [0.5, 0.6) is 0 Å². The van der Waals surface area contributed by atoms with E-state index in [0.29, 0.717) is 6.61 Å². The highest BCUT2D eigenvalue weighted by atomic mass is 16.6. The molecule has 2 aromatic rings. The van der Waals surface area contributed by atoms with Crippen LogP contribution in [0, 0.1) is 0 Å². The van der Waals surface area contributed by atoms with E-state index < -0.39 is 0 Å². The lowest BCUT2D eigenvalue weighted by atomic mass is 9.97. The van der Waals surface area contributed by atoms with Crippen LogP contribution in [0.15, 0.2) is 48.8 Å². The minimum atomic E-state index is -0.198. The molecule has 0 radical (unpaired) electrons. The molecule has 130 valence electrons. The van der Waals surface area contributed by atoms with Crippen LogP contribution in [0.4, 0.5) is 4.79 Å². The van der Waals surface area contributed by atoms with Gasteiger partial charge >= 0.3 is 6.09 Å². The number of carbonyl (C=O) groups is 1. The fourth-order valence-corrected chi connectivity index (χ4v) is 3.82. The molecule has 2 bridgehead atoms. The fourth-order valence-electron chi connectivity index (χ4n) is 3.82. The molecule has 0 N–H and O–H groups in total. The molecular formula is C20H23N3O2. The van der Waals surface area contributed by atoms with Crippen molar-refractivity contribution in [2.75, 3.05) is 0 Å². The Morgan fingerprint density at radius 3 is 2.84 bits per heavy atom. The molecule has 5 heteroatoms. The Morgan fingerprint density at radius 2 is 2.12 bits per heavy atom. The molecule has 0 aliphatic carbocycles. The van der Waals surface area contributed by atoms with Gasteiger partial charge in [0.25, 0.3) is 0 Å². The third kappa shape index (κ3) is 3.18. The number of benzene rings is 1. The second-order valence-electron chi connectivity index (χ2n) is 6.73. The SMILES string of the molecule is CCn1cc(C2=CC3CCC(C2)N3C(=O)OCc2ccccc2)cn1. The molecule has 3 heterocycles. The second-order valence-corrected chi connectivity index (χ2v) is 6.73. The van der Waals surface area contributed by atoms with E-state index in [0.717, 1.165) is 31.4 Å². The number of rotatable bonds is 4. The van der Waals surface area contributed by atoms with Crippen LogP contribution in [0.2, 0.25) is 0 Å². The molecule has 2 aliphatic rings. The highest BCUT2D eigenvalue weighted by Crippen LogP contribution is 2.38. The Hall–Kier alpha value is -2.56. The van der Waals surface area contributed by atoms with Crippen LogP contribution in [0.25, 0.3) is 5.57 Å². The minimum Gasteiger partial charge on any atom is -0.445 e. The summed E-state index contributed by atoms with van der Waals surface area (Å²) in [6.45, 7) is 3.29. The molecule has 4 rings (SSSR count). The van der Waals surface area contributed by atoms with E-state index in [2.05, 4.69) is 24.3 Å². The Labute approximate surface area is 147 Å². The van der Waals surface area contributed by atoms with Crippen LogP contribution in [0.1, 0.15) is 37.3 Å². The summed E-state index contributed by atoms with van der Waals surface area (Å²) in [7, 11) is 0. The standard InChI is InChI=1S/C20H23N3O2/c1-2-22-13-17(12-21-22)16-10-18-8-9-19(11-16)23(18)20(24)25-14-15-6-4-3-5-7-15/h3-7,10,12-13,18-19H,2,8-9,11,14H2,1H3. The molecule has 2 aliphatic heterocycles. The molecule has 1 amide bonds. The van der Waals surface area contributed by atoms with Crippen LogP contribution >= 0.6 is 0 Å². The third-order valence-corrected chi connectivity index (χ3v) is 5.14. The molecule has 25 heavy (non-hydrogen) atoms. The third-order valence-electron chi connectivity index (χ3n) is 5.14. The van der Waals surface area contributed by atoms with Crippen LogP contribution in [-0.4, -0.2) is 32.9 Å². The van der Waals surface area contributed by atoms with Crippen molar-refractivity contribution >= 4 is 11.7 Å². The molecule has 1 aromatic heterocycles. The van der Waals surface area contributed by atoms with Gasteiger partial charge in [0, 0.05) is 24.3 Å². The maximum absolute atomic E-state index is 12.6. The Balaban J connectivity index is 1.45. The first-order valence-electron chi connectivity index (χ1n) is 8.97. The van der Waals surface area contributed by atoms with Gasteiger partial charge in [-0.2, -0.15) is 5.10 Å². The van der Waals surface area contributed by atoms with E-state index in [9.17, 15) is 4.79 Å². The lowest BCUT2D eigenvalue weighted by Crippen LogP contribution is -2.43. The van der Waals surface area contributed by atoms with Crippen LogP contribution in [0.3, 0.4) is 0 Å². The highest BCUT2D eigenvalue weighted by Gasteiger charge is 2.40. The number of fused-ring (bicyclic) bond motifs is 2. The van der Waals surface area contributed by atoms with Gasteiger partial charge in [0.1, 0.15) is 6.61 Å². The van der Waals surface area contributed by atoms with Crippen LogP contribution < -0.4 is 0 Å². The van der Waals surface area contributed by atoms with Gasteiger partial charge in [0.15, 0.2) is 0 Å². The molecule has 2 unspecified atom stereocenters. The van der Waals surface area contributed by atoms with Crippen LogP contribution in [-0.2, 0) is 17.9 Å². The second kappa shape index (κ2) is 6.75. The molecule has 2 atom stereocenters. The monoisotopic (exact) mass is 337 g/mol. The summed E-state index contributed by atoms with van der Waals surface area (Å²) in [4.78, 5) is 14.5. The van der Waals surface area contributed by atoms with Crippen molar-refractivity contribution in [2.24, 2.45) is 0 Å². The van der Waals surface area contributed by atoms with Crippen molar-refractivity contribution in [1.29, 1.82) is 0 Å². The van der Waals surface area contributed by atoms with E-state index in [-0.39, 0.29) is 18.2 Å². The lowest BCUT2D eigenvalue weighted by Gasteiger charge is -2.33. The van der Waals surface area contributed by atoms with E-state index in [1.54, 1.807) is 0 Å². The van der Waals surface area contributed by atoms with E-state index in [4.69, 9.17) is 4.74 Å². The summed E-state index contributed by atoms with van der Waals surface area (Å²) < 4.78 is 7.50. The normalized spacial score (nSPS) is 22.0. The number of ether oxygens (including phenoxy) is 1. The number of hydrogen-bond donors (Lipinski definition) is 0. The number of carbonyl (C=O) groups excluding carboxylic acids is 1. The average molecular weight is 337 g/mol. The summed E-state index contributed by atoms with van der Waals surface area (Å²) in [6, 6.07) is 10.2. The first-order valence-corrected chi connectivity index (χ1v) is 8.97. The topological polar surface area (TPSA) is 47.4 Å². The van der Waals surface area contributed by atoms with Crippen molar-refractivity contribution in [2.45, 2.75) is 51.4 Å². The molecule has 0 spiro atoms. The van der Waals surface area contributed by atoms with Crippen molar-refractivity contribution in [3.05, 3.63) is 59.9 Å². The predicted octanol–water partition coefficient (Wildman–Crippen LogP) is 3.86. The predicted molar refractivity (Wildman–Crippen MR) is 95.8 cm³/mol. The number of amides is 1. The molecule has 0 saturated carbocycles. The largest absolute Gasteiger partial charge is 0.445 e. The average Bonchev–Trinajstić information content (AvgIpc) is 3.23. The molecule has 1 saturated heterocycles. The minimum absolute atomic E-state index is 0.141. The Bertz CT molecular complexity index is 781. The van der Waals surface area contributed by atoms with Gasteiger partial charge in [0.05, 0.1) is 12.2 Å². The van der Waals surface area contributed by atoms with Gasteiger partial charge in [-0.15, -0.1) is 0 Å².